The number of nitrogens with one attached hydrogen (secondary N) is 1. The number of aromatic nitrogens is 2. The Kier molecular flexibility index (Phi) is 3.01. The van der Waals surface area contributed by atoms with Gasteiger partial charge < -0.3 is 11.1 Å². The molecule has 5 nitrogen and oxygen atoms in total. The van der Waals surface area contributed by atoms with Crippen LogP contribution in [0.25, 0.3) is 0 Å². The molecule has 5 heteroatoms. The highest BCUT2D eigenvalue weighted by Gasteiger charge is 2.10. The van der Waals surface area contributed by atoms with Gasteiger partial charge in [-0.05, 0) is 19.0 Å². The lowest BCUT2D eigenvalue weighted by molar-refractivity contribution is -0.118. The van der Waals surface area contributed by atoms with Crippen LogP contribution in [0, 0.1) is 0 Å². The van der Waals surface area contributed by atoms with Gasteiger partial charge in [0, 0.05) is 25.9 Å². The number of nitrogens with two attached hydrogens (primary N) is 1. The normalized spacial score (nSPS) is 15.7. The number of rotatable bonds is 3. The van der Waals surface area contributed by atoms with E-state index in [9.17, 15) is 4.79 Å². The third-order valence-electron chi connectivity index (χ3n) is 2.57. The maximum atomic E-state index is 10.6. The monoisotopic (exact) mass is 208 g/mol. The second-order valence-electron chi connectivity index (χ2n) is 3.85. The van der Waals surface area contributed by atoms with Crippen molar-refractivity contribution in [1.29, 1.82) is 0 Å². The minimum absolute atomic E-state index is 0.267. The lowest BCUT2D eigenvalue weighted by atomic mass is 10.2. The summed E-state index contributed by atoms with van der Waals surface area (Å²) in [4.78, 5) is 10.6. The summed E-state index contributed by atoms with van der Waals surface area (Å²) < 4.78 is 2.02. The van der Waals surface area contributed by atoms with Crippen LogP contribution in [0.5, 0.6) is 0 Å². The van der Waals surface area contributed by atoms with Crippen LogP contribution in [-0.2, 0) is 24.3 Å². The van der Waals surface area contributed by atoms with Crippen molar-refractivity contribution in [2.45, 2.75) is 32.4 Å². The zero-order valence-electron chi connectivity index (χ0n) is 8.70. The standard InChI is InChI=1S/C10H16N4O/c11-10(15)3-2-8-6-9-7-12-4-1-5-14(9)13-8/h6,12H,1-5,7H2,(H2,11,15). The molecule has 1 aromatic rings. The fourth-order valence-corrected chi connectivity index (χ4v) is 1.79. The van der Waals surface area contributed by atoms with E-state index >= 15 is 0 Å². The van der Waals surface area contributed by atoms with E-state index in [0.717, 1.165) is 31.7 Å². The first-order chi connectivity index (χ1) is 7.25. The van der Waals surface area contributed by atoms with E-state index in [2.05, 4.69) is 16.5 Å². The fraction of sp³-hybridized carbons (Fsp3) is 0.600. The molecule has 1 aliphatic rings. The van der Waals surface area contributed by atoms with Crippen molar-refractivity contribution < 1.29 is 4.79 Å². The summed E-state index contributed by atoms with van der Waals surface area (Å²) in [5, 5.41) is 7.78. The summed E-state index contributed by atoms with van der Waals surface area (Å²) in [7, 11) is 0. The zero-order valence-corrected chi connectivity index (χ0v) is 8.70. The van der Waals surface area contributed by atoms with Crippen LogP contribution < -0.4 is 11.1 Å². The van der Waals surface area contributed by atoms with Gasteiger partial charge in [0.2, 0.25) is 5.91 Å². The molecule has 3 N–H and O–H groups in total. The average Bonchev–Trinajstić information content (AvgIpc) is 2.46. The quantitative estimate of drug-likeness (QED) is 0.722. The molecule has 1 amide bonds. The SMILES string of the molecule is NC(=O)CCc1cc2n(n1)CCCNC2. The number of carbonyl (C=O) groups is 1. The van der Waals surface area contributed by atoms with Crippen molar-refractivity contribution in [2.24, 2.45) is 5.73 Å². The number of carbonyl (C=O) groups excluding carboxylic acids is 1. The highest BCUT2D eigenvalue weighted by Crippen LogP contribution is 2.09. The van der Waals surface area contributed by atoms with Crippen molar-refractivity contribution in [3.05, 3.63) is 17.5 Å². The molecule has 2 rings (SSSR count). The Morgan fingerprint density at radius 3 is 3.33 bits per heavy atom. The van der Waals surface area contributed by atoms with Gasteiger partial charge in [0.25, 0.3) is 0 Å². The molecule has 0 radical (unpaired) electrons. The highest BCUT2D eigenvalue weighted by atomic mass is 16.1. The number of nitrogens with zero attached hydrogens (tertiary/aromatic N) is 2. The number of amides is 1. The van der Waals surface area contributed by atoms with Crippen molar-refractivity contribution in [3.63, 3.8) is 0 Å². The van der Waals surface area contributed by atoms with Crippen molar-refractivity contribution >= 4 is 5.91 Å². The molecule has 1 aliphatic heterocycles. The Morgan fingerprint density at radius 1 is 1.67 bits per heavy atom. The third kappa shape index (κ3) is 2.56. The van der Waals surface area contributed by atoms with E-state index in [4.69, 9.17) is 5.73 Å². The fourth-order valence-electron chi connectivity index (χ4n) is 1.79. The summed E-state index contributed by atoms with van der Waals surface area (Å²) in [5.41, 5.74) is 7.27. The first-order valence-corrected chi connectivity index (χ1v) is 5.30. The Balaban J connectivity index is 2.05. The van der Waals surface area contributed by atoms with Gasteiger partial charge in [-0.25, -0.2) is 0 Å². The number of hydrogen-bond acceptors (Lipinski definition) is 3. The lowest BCUT2D eigenvalue weighted by Crippen LogP contribution is -2.12. The van der Waals surface area contributed by atoms with Gasteiger partial charge in [0.1, 0.15) is 0 Å². The third-order valence-corrected chi connectivity index (χ3v) is 2.57. The van der Waals surface area contributed by atoms with Crippen molar-refractivity contribution in [2.75, 3.05) is 6.54 Å². The van der Waals surface area contributed by atoms with E-state index in [1.54, 1.807) is 0 Å². The maximum Gasteiger partial charge on any atom is 0.217 e. The van der Waals surface area contributed by atoms with Crippen LogP contribution in [0.3, 0.4) is 0 Å². The Labute approximate surface area is 88.6 Å². The first kappa shape index (κ1) is 10.2. The van der Waals surface area contributed by atoms with Gasteiger partial charge in [-0.3, -0.25) is 9.48 Å². The van der Waals surface area contributed by atoms with E-state index in [0.29, 0.717) is 12.8 Å². The molecule has 0 aliphatic carbocycles. The Hall–Kier alpha value is -1.36. The summed E-state index contributed by atoms with van der Waals surface area (Å²) in [6.07, 6.45) is 2.13. The first-order valence-electron chi connectivity index (χ1n) is 5.30. The van der Waals surface area contributed by atoms with Gasteiger partial charge in [-0.15, -0.1) is 0 Å². The van der Waals surface area contributed by atoms with Crippen molar-refractivity contribution in [3.8, 4) is 0 Å². The predicted molar refractivity (Wildman–Crippen MR) is 56.1 cm³/mol. The second-order valence-corrected chi connectivity index (χ2v) is 3.85. The van der Waals surface area contributed by atoms with E-state index in [1.807, 2.05) is 4.68 Å². The molecule has 15 heavy (non-hydrogen) atoms. The smallest absolute Gasteiger partial charge is 0.217 e. The van der Waals surface area contributed by atoms with Crippen LogP contribution in [-0.4, -0.2) is 22.2 Å². The highest BCUT2D eigenvalue weighted by molar-refractivity contribution is 5.73. The molecule has 2 heterocycles. The average molecular weight is 208 g/mol. The lowest BCUT2D eigenvalue weighted by Gasteiger charge is -1.99. The second kappa shape index (κ2) is 4.44. The molecule has 1 aromatic heterocycles. The van der Waals surface area contributed by atoms with Gasteiger partial charge >= 0.3 is 0 Å². The topological polar surface area (TPSA) is 72.9 Å². The molecule has 0 atom stereocenters. The molecule has 0 unspecified atom stereocenters. The molecule has 0 saturated carbocycles. The van der Waals surface area contributed by atoms with E-state index in [1.165, 1.54) is 5.69 Å². The summed E-state index contributed by atoms with van der Waals surface area (Å²) in [5.74, 6) is -0.267. The van der Waals surface area contributed by atoms with Crippen LogP contribution in [0.2, 0.25) is 0 Å². The Bertz CT molecular complexity index is 335. The van der Waals surface area contributed by atoms with Crippen LogP contribution >= 0.6 is 0 Å². The maximum absolute atomic E-state index is 10.6. The van der Waals surface area contributed by atoms with Gasteiger partial charge in [-0.2, -0.15) is 5.10 Å². The molecule has 0 spiro atoms. The summed E-state index contributed by atoms with van der Waals surface area (Å²) in [6, 6.07) is 2.06. The van der Waals surface area contributed by atoms with Crippen LogP contribution in [0.1, 0.15) is 24.2 Å². The van der Waals surface area contributed by atoms with Crippen molar-refractivity contribution in [1.82, 2.24) is 15.1 Å². The number of aryl methyl sites for hydroxylation is 2. The van der Waals surface area contributed by atoms with Gasteiger partial charge in [0.15, 0.2) is 0 Å². The minimum Gasteiger partial charge on any atom is -0.370 e. The molecule has 0 aromatic carbocycles. The summed E-state index contributed by atoms with van der Waals surface area (Å²) >= 11 is 0. The Morgan fingerprint density at radius 2 is 2.53 bits per heavy atom. The predicted octanol–water partition coefficient (Wildman–Crippen LogP) is -0.206. The molecule has 0 bridgehead atoms. The van der Waals surface area contributed by atoms with E-state index in [-0.39, 0.29) is 5.91 Å². The molecule has 0 fully saturated rings. The zero-order chi connectivity index (χ0) is 10.7. The number of hydrogen-bond donors (Lipinski definition) is 2. The molecular weight excluding hydrogens is 192 g/mol. The molecular formula is C10H16N4O. The van der Waals surface area contributed by atoms with E-state index < -0.39 is 0 Å². The number of primary amides is 1. The van der Waals surface area contributed by atoms with Gasteiger partial charge in [-0.1, -0.05) is 0 Å². The van der Waals surface area contributed by atoms with Gasteiger partial charge in [0.05, 0.1) is 11.4 Å². The van der Waals surface area contributed by atoms with Crippen LogP contribution in [0.15, 0.2) is 6.07 Å². The molecule has 82 valence electrons. The largest absolute Gasteiger partial charge is 0.370 e. The molecule has 0 saturated heterocycles. The number of fused-ring (bicyclic) bond motifs is 1. The minimum atomic E-state index is -0.267. The summed E-state index contributed by atoms with van der Waals surface area (Å²) in [6.45, 7) is 2.86. The van der Waals surface area contributed by atoms with Crippen LogP contribution in [0.4, 0.5) is 0 Å².